The van der Waals surface area contributed by atoms with Crippen LogP contribution in [0.15, 0.2) is 66.9 Å². The van der Waals surface area contributed by atoms with E-state index in [1.165, 1.54) is 0 Å². The summed E-state index contributed by atoms with van der Waals surface area (Å²) in [7, 11) is 0. The second-order valence-corrected chi connectivity index (χ2v) is 5.87. The third-order valence-corrected chi connectivity index (χ3v) is 4.24. The maximum absolute atomic E-state index is 12.3. The van der Waals surface area contributed by atoms with Crippen LogP contribution < -0.4 is 10.6 Å². The summed E-state index contributed by atoms with van der Waals surface area (Å²) in [6, 6.07) is 20.3. The summed E-state index contributed by atoms with van der Waals surface area (Å²) in [4.78, 5) is 12.3. The van der Waals surface area contributed by atoms with E-state index in [1.807, 2.05) is 41.1 Å². The molecule has 0 radical (unpaired) electrons. The van der Waals surface area contributed by atoms with E-state index in [0.29, 0.717) is 18.7 Å². The van der Waals surface area contributed by atoms with Crippen molar-refractivity contribution in [1.82, 2.24) is 15.1 Å². The van der Waals surface area contributed by atoms with Gasteiger partial charge in [0.05, 0.1) is 18.8 Å². The minimum atomic E-state index is -0.0877. The van der Waals surface area contributed by atoms with Crippen molar-refractivity contribution < 1.29 is 4.79 Å². The maximum atomic E-state index is 12.3. The van der Waals surface area contributed by atoms with Crippen LogP contribution in [0, 0.1) is 0 Å². The highest BCUT2D eigenvalue weighted by molar-refractivity contribution is 5.99. The molecule has 5 heteroatoms. The molecule has 0 saturated heterocycles. The smallest absolute Gasteiger partial charge is 0.256 e. The fourth-order valence-electron chi connectivity index (χ4n) is 2.97. The van der Waals surface area contributed by atoms with E-state index in [2.05, 4.69) is 40.0 Å². The van der Waals surface area contributed by atoms with E-state index in [9.17, 15) is 4.79 Å². The van der Waals surface area contributed by atoms with Gasteiger partial charge in [0.1, 0.15) is 11.4 Å². The first-order valence-electron chi connectivity index (χ1n) is 8.00. The largest absolute Gasteiger partial charge is 0.361 e. The summed E-state index contributed by atoms with van der Waals surface area (Å²) in [6.45, 7) is 1.17. The molecule has 0 aliphatic carbocycles. The van der Waals surface area contributed by atoms with Crippen LogP contribution in [0.1, 0.15) is 27.5 Å². The molecule has 1 aromatic heterocycles. The van der Waals surface area contributed by atoms with Gasteiger partial charge in [0, 0.05) is 6.54 Å². The normalized spacial score (nSPS) is 16.7. The SMILES string of the molecule is O=C1NCC(c2ccccc2)Nc2c1cnn2Cc1ccccc1. The monoisotopic (exact) mass is 318 g/mol. The highest BCUT2D eigenvalue weighted by atomic mass is 16.1. The van der Waals surface area contributed by atoms with Crippen molar-refractivity contribution in [3.8, 4) is 0 Å². The van der Waals surface area contributed by atoms with E-state index < -0.39 is 0 Å². The Balaban J connectivity index is 1.68. The molecule has 2 N–H and O–H groups in total. The highest BCUT2D eigenvalue weighted by Crippen LogP contribution is 2.26. The molecule has 0 bridgehead atoms. The van der Waals surface area contributed by atoms with Gasteiger partial charge in [0.2, 0.25) is 0 Å². The molecule has 24 heavy (non-hydrogen) atoms. The quantitative estimate of drug-likeness (QED) is 0.781. The zero-order valence-electron chi connectivity index (χ0n) is 13.1. The van der Waals surface area contributed by atoms with Crippen molar-refractivity contribution in [3.05, 3.63) is 83.6 Å². The molecule has 2 heterocycles. The third-order valence-electron chi connectivity index (χ3n) is 4.24. The third kappa shape index (κ3) is 2.76. The molecule has 120 valence electrons. The fraction of sp³-hybridized carbons (Fsp3) is 0.158. The van der Waals surface area contributed by atoms with Crippen LogP contribution in [0.4, 0.5) is 5.82 Å². The second-order valence-electron chi connectivity index (χ2n) is 5.87. The molecule has 1 atom stereocenters. The Bertz CT molecular complexity index is 842. The minimum absolute atomic E-state index is 0.0163. The van der Waals surface area contributed by atoms with Crippen molar-refractivity contribution in [2.24, 2.45) is 0 Å². The summed E-state index contributed by atoms with van der Waals surface area (Å²) >= 11 is 0. The van der Waals surface area contributed by atoms with E-state index in [4.69, 9.17) is 0 Å². The van der Waals surface area contributed by atoms with Gasteiger partial charge >= 0.3 is 0 Å². The molecule has 0 fully saturated rings. The van der Waals surface area contributed by atoms with Crippen LogP contribution >= 0.6 is 0 Å². The average Bonchev–Trinajstić information content (AvgIpc) is 2.94. The topological polar surface area (TPSA) is 59.0 Å². The number of anilines is 1. The van der Waals surface area contributed by atoms with Gasteiger partial charge in [-0.1, -0.05) is 60.7 Å². The first-order valence-corrected chi connectivity index (χ1v) is 8.00. The number of rotatable bonds is 3. The lowest BCUT2D eigenvalue weighted by atomic mass is 10.1. The Hall–Kier alpha value is -3.08. The molecular weight excluding hydrogens is 300 g/mol. The van der Waals surface area contributed by atoms with Crippen LogP contribution in [-0.2, 0) is 6.54 Å². The molecule has 0 spiro atoms. The van der Waals surface area contributed by atoms with Gasteiger partial charge in [0.15, 0.2) is 0 Å². The van der Waals surface area contributed by atoms with E-state index in [-0.39, 0.29) is 11.9 Å². The van der Waals surface area contributed by atoms with Gasteiger partial charge < -0.3 is 10.6 Å². The van der Waals surface area contributed by atoms with Gasteiger partial charge in [-0.3, -0.25) is 4.79 Å². The summed E-state index contributed by atoms with van der Waals surface area (Å²) in [5, 5.41) is 10.9. The predicted octanol–water partition coefficient (Wildman–Crippen LogP) is 2.83. The molecule has 1 aliphatic heterocycles. The summed E-state index contributed by atoms with van der Waals surface area (Å²) < 4.78 is 1.85. The molecular formula is C19H18N4O. The van der Waals surface area contributed by atoms with Gasteiger partial charge in [0.25, 0.3) is 5.91 Å². The lowest BCUT2D eigenvalue weighted by Gasteiger charge is -2.19. The van der Waals surface area contributed by atoms with Gasteiger partial charge in [-0.2, -0.15) is 5.10 Å². The summed E-state index contributed by atoms with van der Waals surface area (Å²) in [6.07, 6.45) is 1.63. The Morgan fingerprint density at radius 1 is 1.04 bits per heavy atom. The van der Waals surface area contributed by atoms with Crippen LogP contribution in [0.5, 0.6) is 0 Å². The van der Waals surface area contributed by atoms with Crippen molar-refractivity contribution in [2.75, 3.05) is 11.9 Å². The Morgan fingerprint density at radius 3 is 2.50 bits per heavy atom. The fourth-order valence-corrected chi connectivity index (χ4v) is 2.97. The van der Waals surface area contributed by atoms with Crippen molar-refractivity contribution in [1.29, 1.82) is 0 Å². The summed E-state index contributed by atoms with van der Waals surface area (Å²) in [5.41, 5.74) is 2.87. The average molecular weight is 318 g/mol. The van der Waals surface area contributed by atoms with Gasteiger partial charge in [-0.15, -0.1) is 0 Å². The molecule has 0 saturated carbocycles. The number of carbonyl (C=O) groups excluding carboxylic acids is 1. The predicted molar refractivity (Wildman–Crippen MR) is 92.9 cm³/mol. The standard InChI is InChI=1S/C19H18N4O/c24-19-16-11-21-23(13-14-7-3-1-4-8-14)18(16)22-17(12-20-19)15-9-5-2-6-10-15/h1-11,17,22H,12-13H2,(H,20,24). The number of carbonyl (C=O) groups is 1. The number of benzene rings is 2. The number of nitrogens with one attached hydrogen (secondary N) is 2. The van der Waals surface area contributed by atoms with Crippen LogP contribution in [0.25, 0.3) is 0 Å². The number of fused-ring (bicyclic) bond motifs is 1. The zero-order valence-corrected chi connectivity index (χ0v) is 13.1. The Kier molecular flexibility index (Phi) is 3.75. The molecule has 1 amide bonds. The zero-order chi connectivity index (χ0) is 16.4. The van der Waals surface area contributed by atoms with E-state index >= 15 is 0 Å². The maximum Gasteiger partial charge on any atom is 0.256 e. The van der Waals surface area contributed by atoms with Crippen LogP contribution in [-0.4, -0.2) is 22.2 Å². The van der Waals surface area contributed by atoms with Crippen LogP contribution in [0.2, 0.25) is 0 Å². The van der Waals surface area contributed by atoms with Crippen molar-refractivity contribution >= 4 is 11.7 Å². The summed E-state index contributed by atoms with van der Waals surface area (Å²) in [5.74, 6) is 0.679. The van der Waals surface area contributed by atoms with Gasteiger partial charge in [-0.25, -0.2) is 4.68 Å². The number of hydrogen-bond acceptors (Lipinski definition) is 3. The highest BCUT2D eigenvalue weighted by Gasteiger charge is 2.25. The van der Waals surface area contributed by atoms with Crippen molar-refractivity contribution in [2.45, 2.75) is 12.6 Å². The minimum Gasteiger partial charge on any atom is -0.361 e. The molecule has 2 aromatic carbocycles. The van der Waals surface area contributed by atoms with Crippen molar-refractivity contribution in [3.63, 3.8) is 0 Å². The molecule has 1 aliphatic rings. The lowest BCUT2D eigenvalue weighted by molar-refractivity contribution is 0.0955. The first-order chi connectivity index (χ1) is 11.8. The second kappa shape index (κ2) is 6.20. The van der Waals surface area contributed by atoms with Gasteiger partial charge in [-0.05, 0) is 11.1 Å². The van der Waals surface area contributed by atoms with E-state index in [1.54, 1.807) is 6.20 Å². The number of nitrogens with zero attached hydrogens (tertiary/aromatic N) is 2. The van der Waals surface area contributed by atoms with Crippen LogP contribution in [0.3, 0.4) is 0 Å². The first kappa shape index (κ1) is 14.5. The Labute approximate surface area is 140 Å². The Morgan fingerprint density at radius 2 is 1.75 bits per heavy atom. The number of amides is 1. The van der Waals surface area contributed by atoms with E-state index in [0.717, 1.165) is 16.9 Å². The molecule has 1 unspecified atom stereocenters. The number of aromatic nitrogens is 2. The molecule has 5 nitrogen and oxygen atoms in total. The molecule has 4 rings (SSSR count). The number of hydrogen-bond donors (Lipinski definition) is 2. The molecule has 3 aromatic rings. The lowest BCUT2D eigenvalue weighted by Crippen LogP contribution is -2.27.